The minimum Gasteiger partial charge on any atom is -0.310 e. The first-order chi connectivity index (χ1) is 28.7. The Hall–Kier alpha value is -7.26. The van der Waals surface area contributed by atoms with Crippen molar-refractivity contribution in [2.75, 3.05) is 4.90 Å². The molecule has 11 aromatic rings. The number of benzene rings is 10. The van der Waals surface area contributed by atoms with Crippen LogP contribution in [0, 0.1) is 0 Å². The molecule has 1 heterocycles. The Morgan fingerprint density at radius 2 is 0.793 bits per heavy atom. The Bertz CT molecular complexity index is 3260. The average molecular weight is 756 g/mol. The SMILES string of the molecule is c1ccc(N(c2ccc(-c3ccc(-c4cccc5ccccc45)cc3)cc2)c2ccc(-c3cccc4c3sc3ccccc34)cc2)c(-c2ccc3ccccc3c2)c1. The summed E-state index contributed by atoms with van der Waals surface area (Å²) in [6.45, 7) is 0. The summed E-state index contributed by atoms with van der Waals surface area (Å²) in [5, 5.41) is 7.64. The maximum absolute atomic E-state index is 2.40. The van der Waals surface area contributed by atoms with Crippen LogP contribution in [-0.4, -0.2) is 0 Å². The summed E-state index contributed by atoms with van der Waals surface area (Å²) in [6, 6.07) is 81.9. The molecule has 10 aromatic carbocycles. The van der Waals surface area contributed by atoms with Crippen molar-refractivity contribution in [2.45, 2.75) is 0 Å². The van der Waals surface area contributed by atoms with Gasteiger partial charge in [-0.1, -0.05) is 182 Å². The first kappa shape index (κ1) is 34.0. The minimum absolute atomic E-state index is 1.10. The summed E-state index contributed by atoms with van der Waals surface area (Å²) < 4.78 is 2.65. The highest BCUT2D eigenvalue weighted by molar-refractivity contribution is 7.26. The van der Waals surface area contributed by atoms with Crippen molar-refractivity contribution in [1.29, 1.82) is 0 Å². The molecule has 1 aromatic heterocycles. The van der Waals surface area contributed by atoms with Crippen LogP contribution in [0.1, 0.15) is 0 Å². The second kappa shape index (κ2) is 14.4. The fourth-order valence-corrected chi connectivity index (χ4v) is 9.82. The maximum atomic E-state index is 2.40. The van der Waals surface area contributed by atoms with E-state index in [9.17, 15) is 0 Å². The molecule has 0 aliphatic heterocycles. The van der Waals surface area contributed by atoms with E-state index in [1.165, 1.54) is 86.2 Å². The molecule has 58 heavy (non-hydrogen) atoms. The van der Waals surface area contributed by atoms with E-state index in [2.05, 4.69) is 229 Å². The highest BCUT2D eigenvalue weighted by atomic mass is 32.1. The molecule has 0 amide bonds. The van der Waals surface area contributed by atoms with Crippen LogP contribution in [0.15, 0.2) is 224 Å². The summed E-state index contributed by atoms with van der Waals surface area (Å²) in [5.74, 6) is 0. The Morgan fingerprint density at radius 3 is 1.59 bits per heavy atom. The fraction of sp³-hybridized carbons (Fsp3) is 0. The number of para-hydroxylation sites is 1. The molecule has 11 rings (SSSR count). The van der Waals surface area contributed by atoms with Gasteiger partial charge in [0.2, 0.25) is 0 Å². The molecule has 1 nitrogen and oxygen atoms in total. The number of thiophene rings is 1. The fourth-order valence-electron chi connectivity index (χ4n) is 8.58. The predicted molar refractivity (Wildman–Crippen MR) is 251 cm³/mol. The first-order valence-corrected chi connectivity index (χ1v) is 20.6. The molecule has 0 unspecified atom stereocenters. The van der Waals surface area contributed by atoms with Gasteiger partial charge in [0.25, 0.3) is 0 Å². The van der Waals surface area contributed by atoms with E-state index in [-0.39, 0.29) is 0 Å². The summed E-state index contributed by atoms with van der Waals surface area (Å²) in [6.07, 6.45) is 0. The van der Waals surface area contributed by atoms with Crippen LogP contribution in [-0.2, 0) is 0 Å². The van der Waals surface area contributed by atoms with Crippen LogP contribution in [0.3, 0.4) is 0 Å². The normalized spacial score (nSPS) is 11.4. The van der Waals surface area contributed by atoms with Crippen molar-refractivity contribution in [3.63, 3.8) is 0 Å². The largest absolute Gasteiger partial charge is 0.310 e. The third kappa shape index (κ3) is 6.03. The summed E-state index contributed by atoms with van der Waals surface area (Å²) >= 11 is 1.88. The van der Waals surface area contributed by atoms with Crippen LogP contribution in [0.2, 0.25) is 0 Å². The van der Waals surface area contributed by atoms with E-state index in [4.69, 9.17) is 0 Å². The average Bonchev–Trinajstić information content (AvgIpc) is 3.69. The Balaban J connectivity index is 0.993. The van der Waals surface area contributed by atoms with Gasteiger partial charge in [0.05, 0.1) is 5.69 Å². The molecule has 0 bridgehead atoms. The molecule has 0 aliphatic rings. The number of hydrogen-bond acceptors (Lipinski definition) is 2. The van der Waals surface area contributed by atoms with Gasteiger partial charge in [-0.05, 0) is 103 Å². The van der Waals surface area contributed by atoms with Crippen molar-refractivity contribution in [3.05, 3.63) is 224 Å². The molecule has 0 fully saturated rings. The summed E-state index contributed by atoms with van der Waals surface area (Å²) in [5.41, 5.74) is 13.0. The number of hydrogen-bond donors (Lipinski definition) is 0. The lowest BCUT2D eigenvalue weighted by molar-refractivity contribution is 1.28. The van der Waals surface area contributed by atoms with E-state index in [0.717, 1.165) is 17.1 Å². The minimum atomic E-state index is 1.10. The quantitative estimate of drug-likeness (QED) is 0.157. The maximum Gasteiger partial charge on any atom is 0.0540 e. The van der Waals surface area contributed by atoms with Crippen molar-refractivity contribution in [1.82, 2.24) is 0 Å². The Morgan fingerprint density at radius 1 is 0.293 bits per heavy atom. The van der Waals surface area contributed by atoms with Gasteiger partial charge >= 0.3 is 0 Å². The zero-order chi connectivity index (χ0) is 38.4. The second-order valence-corrected chi connectivity index (χ2v) is 15.9. The summed E-state index contributed by atoms with van der Waals surface area (Å²) in [7, 11) is 0. The predicted octanol–water partition coefficient (Wildman–Crippen LogP) is 16.5. The molecular formula is C56H37NS. The van der Waals surface area contributed by atoms with Crippen molar-refractivity contribution < 1.29 is 0 Å². The van der Waals surface area contributed by atoms with Crippen LogP contribution >= 0.6 is 11.3 Å². The highest BCUT2D eigenvalue weighted by Crippen LogP contribution is 2.44. The van der Waals surface area contributed by atoms with Gasteiger partial charge in [0.15, 0.2) is 0 Å². The third-order valence-corrected chi connectivity index (χ3v) is 12.7. The van der Waals surface area contributed by atoms with Gasteiger partial charge in [0, 0.05) is 37.1 Å². The molecule has 0 saturated heterocycles. The van der Waals surface area contributed by atoms with Gasteiger partial charge < -0.3 is 4.90 Å². The van der Waals surface area contributed by atoms with Crippen LogP contribution < -0.4 is 4.90 Å². The molecule has 0 radical (unpaired) electrons. The van der Waals surface area contributed by atoms with E-state index >= 15 is 0 Å². The molecule has 0 saturated carbocycles. The third-order valence-electron chi connectivity index (χ3n) is 11.5. The van der Waals surface area contributed by atoms with Crippen LogP contribution in [0.5, 0.6) is 0 Å². The molecule has 272 valence electrons. The van der Waals surface area contributed by atoms with Gasteiger partial charge in [-0.3, -0.25) is 0 Å². The molecule has 0 N–H and O–H groups in total. The van der Waals surface area contributed by atoms with Crippen LogP contribution in [0.4, 0.5) is 17.1 Å². The zero-order valence-corrected chi connectivity index (χ0v) is 32.5. The zero-order valence-electron chi connectivity index (χ0n) is 31.7. The monoisotopic (exact) mass is 755 g/mol. The van der Waals surface area contributed by atoms with Gasteiger partial charge in [-0.2, -0.15) is 0 Å². The Kier molecular flexibility index (Phi) is 8.42. The lowest BCUT2D eigenvalue weighted by atomic mass is 9.96. The first-order valence-electron chi connectivity index (χ1n) is 19.8. The highest BCUT2D eigenvalue weighted by Gasteiger charge is 2.19. The standard InChI is InChI=1S/C56H37NS/c1-2-13-44-37-45(28-25-38(44)11-1)50-16-5-7-21-54(50)57(47-35-31-43(32-36-47)51-19-10-20-53-52-17-6-8-22-55(52)58-56(51)53)46-33-29-40(30-34-46)39-23-26-42(27-24-39)49-18-9-14-41-12-3-4-15-48(41)49/h1-37H. The molecule has 0 aliphatic carbocycles. The molecular weight excluding hydrogens is 719 g/mol. The number of anilines is 3. The Labute approximate surface area is 342 Å². The molecule has 0 spiro atoms. The smallest absolute Gasteiger partial charge is 0.0540 e. The van der Waals surface area contributed by atoms with Crippen molar-refractivity contribution >= 4 is 70.1 Å². The van der Waals surface area contributed by atoms with Gasteiger partial charge in [0.1, 0.15) is 0 Å². The lowest BCUT2D eigenvalue weighted by Gasteiger charge is -2.28. The van der Waals surface area contributed by atoms with Crippen molar-refractivity contribution in [2.24, 2.45) is 0 Å². The number of fused-ring (bicyclic) bond motifs is 5. The number of rotatable bonds is 7. The summed E-state index contributed by atoms with van der Waals surface area (Å²) in [4.78, 5) is 2.40. The second-order valence-electron chi connectivity index (χ2n) is 14.9. The molecule has 2 heteroatoms. The van der Waals surface area contributed by atoms with E-state index in [0.29, 0.717) is 0 Å². The van der Waals surface area contributed by atoms with Crippen LogP contribution in [0.25, 0.3) is 86.2 Å². The van der Waals surface area contributed by atoms with Gasteiger partial charge in [-0.25, -0.2) is 0 Å². The van der Waals surface area contributed by atoms with E-state index < -0.39 is 0 Å². The topological polar surface area (TPSA) is 3.24 Å². The van der Waals surface area contributed by atoms with E-state index in [1.54, 1.807) is 0 Å². The van der Waals surface area contributed by atoms with Gasteiger partial charge in [-0.15, -0.1) is 11.3 Å². The lowest BCUT2D eigenvalue weighted by Crippen LogP contribution is -2.11. The number of nitrogens with zero attached hydrogens (tertiary/aromatic N) is 1. The van der Waals surface area contributed by atoms with E-state index in [1.807, 2.05) is 11.3 Å². The van der Waals surface area contributed by atoms with Crippen molar-refractivity contribution in [3.8, 4) is 44.5 Å². The molecule has 0 atom stereocenters.